The van der Waals surface area contributed by atoms with Crippen LogP contribution in [0.4, 0.5) is 13.2 Å². The lowest BCUT2D eigenvalue weighted by molar-refractivity contribution is -0.173. The third-order valence-corrected chi connectivity index (χ3v) is 1.83. The summed E-state index contributed by atoms with van der Waals surface area (Å²) >= 11 is 0. The Balaban J connectivity index is 2.07. The van der Waals surface area contributed by atoms with Gasteiger partial charge in [0.05, 0.1) is 18.0 Å². The van der Waals surface area contributed by atoms with Gasteiger partial charge in [0, 0.05) is 25.5 Å². The lowest BCUT2D eigenvalue weighted by atomic mass is 10.4. The summed E-state index contributed by atoms with van der Waals surface area (Å²) in [5.74, 6) is 0. The van der Waals surface area contributed by atoms with Crippen molar-refractivity contribution < 1.29 is 17.9 Å². The molecule has 7 heteroatoms. The molecule has 0 atom stereocenters. The van der Waals surface area contributed by atoms with E-state index >= 15 is 0 Å². The van der Waals surface area contributed by atoms with Gasteiger partial charge in [-0.2, -0.15) is 13.2 Å². The van der Waals surface area contributed by atoms with E-state index in [9.17, 15) is 13.2 Å². The topological polar surface area (TPSA) is 47.0 Å². The van der Waals surface area contributed by atoms with E-state index in [1.54, 1.807) is 12.4 Å². The first-order valence-corrected chi connectivity index (χ1v) is 5.10. The highest BCUT2D eigenvalue weighted by molar-refractivity contribution is 4.99. The summed E-state index contributed by atoms with van der Waals surface area (Å²) in [5.41, 5.74) is 1.56. The molecular weight excluding hydrogens is 235 g/mol. The lowest BCUT2D eigenvalue weighted by Gasteiger charge is -2.08. The number of alkyl halides is 3. The second-order valence-corrected chi connectivity index (χ2v) is 3.49. The summed E-state index contributed by atoms with van der Waals surface area (Å²) in [6.07, 6.45) is -1.00. The van der Waals surface area contributed by atoms with Gasteiger partial charge in [-0.3, -0.25) is 9.97 Å². The number of hydrogen-bond donors (Lipinski definition) is 1. The SMILES string of the molecule is Cc1cnc(CNCCOCC(F)(F)F)cn1. The van der Waals surface area contributed by atoms with Crippen molar-refractivity contribution in [2.75, 3.05) is 19.8 Å². The fourth-order valence-electron chi connectivity index (χ4n) is 1.06. The Bertz CT molecular complexity index is 327. The van der Waals surface area contributed by atoms with Crippen LogP contribution in [0.15, 0.2) is 12.4 Å². The van der Waals surface area contributed by atoms with Gasteiger partial charge in [-0.15, -0.1) is 0 Å². The van der Waals surface area contributed by atoms with Crippen molar-refractivity contribution in [3.05, 3.63) is 23.8 Å². The van der Waals surface area contributed by atoms with Crippen LogP contribution in [0.1, 0.15) is 11.4 Å². The minimum atomic E-state index is -4.26. The maximum absolute atomic E-state index is 11.7. The highest BCUT2D eigenvalue weighted by Crippen LogP contribution is 2.13. The van der Waals surface area contributed by atoms with Crippen molar-refractivity contribution in [2.45, 2.75) is 19.6 Å². The third kappa shape index (κ3) is 6.85. The van der Waals surface area contributed by atoms with E-state index in [2.05, 4.69) is 20.0 Å². The van der Waals surface area contributed by atoms with E-state index in [4.69, 9.17) is 0 Å². The Hall–Kier alpha value is -1.21. The van der Waals surface area contributed by atoms with Crippen LogP contribution in [0.2, 0.25) is 0 Å². The van der Waals surface area contributed by atoms with Crippen molar-refractivity contribution in [3.63, 3.8) is 0 Å². The molecule has 0 saturated carbocycles. The molecule has 0 aliphatic heterocycles. The van der Waals surface area contributed by atoms with Crippen molar-refractivity contribution in [1.29, 1.82) is 0 Å². The number of aromatic nitrogens is 2. The number of ether oxygens (including phenoxy) is 1. The van der Waals surface area contributed by atoms with Crippen LogP contribution in [0, 0.1) is 6.92 Å². The van der Waals surface area contributed by atoms with Crippen molar-refractivity contribution >= 4 is 0 Å². The van der Waals surface area contributed by atoms with Gasteiger partial charge in [0.1, 0.15) is 6.61 Å². The molecule has 0 aliphatic carbocycles. The van der Waals surface area contributed by atoms with Crippen LogP contribution >= 0.6 is 0 Å². The molecule has 4 nitrogen and oxygen atoms in total. The van der Waals surface area contributed by atoms with Crippen LogP contribution in [0.25, 0.3) is 0 Å². The van der Waals surface area contributed by atoms with Crippen LogP contribution in [-0.4, -0.2) is 35.9 Å². The van der Waals surface area contributed by atoms with E-state index in [0.29, 0.717) is 13.1 Å². The largest absolute Gasteiger partial charge is 0.411 e. The molecule has 0 unspecified atom stereocenters. The van der Waals surface area contributed by atoms with E-state index in [1.807, 2.05) is 6.92 Å². The number of rotatable bonds is 6. The highest BCUT2D eigenvalue weighted by Gasteiger charge is 2.27. The normalized spacial score (nSPS) is 11.8. The zero-order valence-electron chi connectivity index (χ0n) is 9.42. The van der Waals surface area contributed by atoms with Gasteiger partial charge in [-0.05, 0) is 6.92 Å². The average molecular weight is 249 g/mol. The van der Waals surface area contributed by atoms with E-state index < -0.39 is 12.8 Å². The minimum absolute atomic E-state index is 0.0127. The van der Waals surface area contributed by atoms with Gasteiger partial charge in [0.2, 0.25) is 0 Å². The zero-order chi connectivity index (χ0) is 12.7. The highest BCUT2D eigenvalue weighted by atomic mass is 19.4. The Morgan fingerprint density at radius 3 is 2.65 bits per heavy atom. The lowest BCUT2D eigenvalue weighted by Crippen LogP contribution is -2.24. The summed E-state index contributed by atoms with van der Waals surface area (Å²) in [6, 6.07) is 0. The Morgan fingerprint density at radius 2 is 2.06 bits per heavy atom. The van der Waals surface area contributed by atoms with Crippen LogP contribution in [0.3, 0.4) is 0 Å². The second kappa shape index (κ2) is 6.51. The minimum Gasteiger partial charge on any atom is -0.371 e. The summed E-state index contributed by atoms with van der Waals surface area (Å²) < 4.78 is 39.5. The molecule has 0 radical (unpaired) electrons. The third-order valence-electron chi connectivity index (χ3n) is 1.83. The van der Waals surface area contributed by atoms with E-state index in [-0.39, 0.29) is 6.61 Å². The maximum Gasteiger partial charge on any atom is 0.411 e. The standard InChI is InChI=1S/C10H14F3N3O/c1-8-4-16-9(6-15-8)5-14-2-3-17-7-10(11,12)13/h4,6,14H,2-3,5,7H2,1H3. The number of halogens is 3. The number of nitrogens with zero attached hydrogens (tertiary/aromatic N) is 2. The molecule has 1 aromatic rings. The maximum atomic E-state index is 11.7. The summed E-state index contributed by atoms with van der Waals surface area (Å²) in [7, 11) is 0. The quantitative estimate of drug-likeness (QED) is 0.775. The molecule has 1 aromatic heterocycles. The number of hydrogen-bond acceptors (Lipinski definition) is 4. The van der Waals surface area contributed by atoms with Crippen molar-refractivity contribution in [2.24, 2.45) is 0 Å². The Kier molecular flexibility index (Phi) is 5.30. The smallest absolute Gasteiger partial charge is 0.371 e. The molecule has 0 fully saturated rings. The molecule has 1 rings (SSSR count). The Labute approximate surface area is 97.2 Å². The molecule has 1 N–H and O–H groups in total. The van der Waals surface area contributed by atoms with Crippen LogP contribution in [-0.2, 0) is 11.3 Å². The molecule has 96 valence electrons. The zero-order valence-corrected chi connectivity index (χ0v) is 9.42. The number of nitrogens with one attached hydrogen (secondary N) is 1. The van der Waals surface area contributed by atoms with E-state index in [1.165, 1.54) is 0 Å². The van der Waals surface area contributed by atoms with Gasteiger partial charge in [-0.1, -0.05) is 0 Å². The summed E-state index contributed by atoms with van der Waals surface area (Å²) in [6.45, 7) is 1.43. The fraction of sp³-hybridized carbons (Fsp3) is 0.600. The van der Waals surface area contributed by atoms with E-state index in [0.717, 1.165) is 11.4 Å². The molecule has 0 aromatic carbocycles. The first-order valence-electron chi connectivity index (χ1n) is 5.10. The molecule has 0 amide bonds. The monoisotopic (exact) mass is 249 g/mol. The van der Waals surface area contributed by atoms with Crippen molar-refractivity contribution in [1.82, 2.24) is 15.3 Å². The molecule has 0 bridgehead atoms. The summed E-state index contributed by atoms with van der Waals surface area (Å²) in [5, 5.41) is 2.91. The molecule has 0 aliphatic rings. The predicted octanol–water partition coefficient (Wildman–Crippen LogP) is 1.45. The molecule has 17 heavy (non-hydrogen) atoms. The second-order valence-electron chi connectivity index (χ2n) is 3.49. The Morgan fingerprint density at radius 1 is 1.29 bits per heavy atom. The first kappa shape index (κ1) is 13.9. The number of aryl methyl sites for hydroxylation is 1. The van der Waals surface area contributed by atoms with Gasteiger partial charge in [0.15, 0.2) is 0 Å². The van der Waals surface area contributed by atoms with Gasteiger partial charge >= 0.3 is 6.18 Å². The fourth-order valence-corrected chi connectivity index (χ4v) is 1.06. The van der Waals surface area contributed by atoms with Crippen LogP contribution < -0.4 is 5.32 Å². The van der Waals surface area contributed by atoms with Crippen LogP contribution in [0.5, 0.6) is 0 Å². The van der Waals surface area contributed by atoms with Gasteiger partial charge in [0.25, 0.3) is 0 Å². The molecule has 0 saturated heterocycles. The average Bonchev–Trinajstić information content (AvgIpc) is 2.24. The molecular formula is C10H14F3N3O. The molecule has 1 heterocycles. The van der Waals surface area contributed by atoms with Crippen molar-refractivity contribution in [3.8, 4) is 0 Å². The summed E-state index contributed by atoms with van der Waals surface area (Å²) in [4.78, 5) is 8.13. The molecule has 0 spiro atoms. The van der Waals surface area contributed by atoms with Gasteiger partial charge in [-0.25, -0.2) is 0 Å². The first-order chi connectivity index (χ1) is 7.97. The predicted molar refractivity (Wildman–Crippen MR) is 55.3 cm³/mol. The van der Waals surface area contributed by atoms with Gasteiger partial charge < -0.3 is 10.1 Å².